The van der Waals surface area contributed by atoms with Crippen LogP contribution in [0.4, 0.5) is 0 Å². The largest absolute Gasteiger partial charge is 0.478 e. The Hall–Kier alpha value is -1.33. The van der Waals surface area contributed by atoms with Crippen LogP contribution >= 0.6 is 11.6 Å². The highest BCUT2D eigenvalue weighted by molar-refractivity contribution is 7.93. The highest BCUT2D eigenvalue weighted by Gasteiger charge is 2.10. The van der Waals surface area contributed by atoms with Crippen LogP contribution in [0.2, 0.25) is 5.02 Å². The Labute approximate surface area is 98.1 Å². The van der Waals surface area contributed by atoms with Gasteiger partial charge < -0.3 is 5.11 Å². The van der Waals surface area contributed by atoms with E-state index in [-0.39, 0.29) is 5.75 Å². The van der Waals surface area contributed by atoms with Crippen LogP contribution in [0.25, 0.3) is 0 Å². The number of carboxylic acids is 1. The molecule has 0 saturated carbocycles. The van der Waals surface area contributed by atoms with E-state index in [9.17, 15) is 13.2 Å². The number of halogens is 1. The Morgan fingerprint density at radius 1 is 1.38 bits per heavy atom. The number of rotatable bonds is 4. The summed E-state index contributed by atoms with van der Waals surface area (Å²) < 4.78 is 22.9. The number of hydrogen-bond acceptors (Lipinski definition) is 3. The topological polar surface area (TPSA) is 71.4 Å². The SMILES string of the molecule is O=C(O)/C=C/S(=O)(=O)Cc1ccccc1Cl. The van der Waals surface area contributed by atoms with Crippen LogP contribution in [0, 0.1) is 0 Å². The van der Waals surface area contributed by atoms with E-state index in [2.05, 4.69) is 0 Å². The molecule has 86 valence electrons. The molecule has 0 aliphatic rings. The van der Waals surface area contributed by atoms with E-state index < -0.39 is 15.8 Å². The second-order valence-corrected chi connectivity index (χ2v) is 5.33. The van der Waals surface area contributed by atoms with Crippen molar-refractivity contribution in [3.63, 3.8) is 0 Å². The molecule has 4 nitrogen and oxygen atoms in total. The van der Waals surface area contributed by atoms with Gasteiger partial charge in [-0.3, -0.25) is 0 Å². The van der Waals surface area contributed by atoms with Crippen LogP contribution in [0.3, 0.4) is 0 Å². The van der Waals surface area contributed by atoms with Gasteiger partial charge in [0.25, 0.3) is 0 Å². The van der Waals surface area contributed by atoms with E-state index in [4.69, 9.17) is 16.7 Å². The normalized spacial score (nSPS) is 11.8. The highest BCUT2D eigenvalue weighted by atomic mass is 35.5. The Kier molecular flexibility index (Phi) is 4.09. The molecule has 0 spiro atoms. The van der Waals surface area contributed by atoms with Crippen molar-refractivity contribution in [1.82, 2.24) is 0 Å². The molecule has 1 N–H and O–H groups in total. The summed E-state index contributed by atoms with van der Waals surface area (Å²) in [5, 5.41) is 9.33. The summed E-state index contributed by atoms with van der Waals surface area (Å²) in [4.78, 5) is 10.2. The maximum atomic E-state index is 11.4. The van der Waals surface area contributed by atoms with Crippen molar-refractivity contribution in [3.05, 3.63) is 46.3 Å². The van der Waals surface area contributed by atoms with Crippen LogP contribution in [-0.4, -0.2) is 19.5 Å². The smallest absolute Gasteiger partial charge is 0.329 e. The fraction of sp³-hybridized carbons (Fsp3) is 0.100. The molecule has 0 amide bonds. The first-order valence-electron chi connectivity index (χ1n) is 4.28. The summed E-state index contributed by atoms with van der Waals surface area (Å²) in [6.07, 6.45) is 0.589. The van der Waals surface area contributed by atoms with Gasteiger partial charge in [-0.05, 0) is 11.6 Å². The lowest BCUT2D eigenvalue weighted by atomic mass is 10.2. The van der Waals surface area contributed by atoms with E-state index in [1.165, 1.54) is 0 Å². The highest BCUT2D eigenvalue weighted by Crippen LogP contribution is 2.18. The predicted molar refractivity (Wildman–Crippen MR) is 60.9 cm³/mol. The van der Waals surface area contributed by atoms with Gasteiger partial charge >= 0.3 is 5.97 Å². The molecule has 0 unspecified atom stereocenters. The molecule has 0 fully saturated rings. The summed E-state index contributed by atoms with van der Waals surface area (Å²) in [6, 6.07) is 6.50. The third-order valence-corrected chi connectivity index (χ3v) is 3.37. The van der Waals surface area contributed by atoms with Gasteiger partial charge in [-0.1, -0.05) is 29.8 Å². The van der Waals surface area contributed by atoms with Crippen LogP contribution in [0.15, 0.2) is 35.7 Å². The average Bonchev–Trinajstić information content (AvgIpc) is 2.19. The second kappa shape index (κ2) is 5.14. The molecule has 16 heavy (non-hydrogen) atoms. The molecule has 0 bridgehead atoms. The van der Waals surface area contributed by atoms with Crippen molar-refractivity contribution in [2.45, 2.75) is 5.75 Å². The minimum atomic E-state index is -3.60. The zero-order valence-corrected chi connectivity index (χ0v) is 9.70. The number of benzene rings is 1. The van der Waals surface area contributed by atoms with Gasteiger partial charge in [0.2, 0.25) is 0 Å². The van der Waals surface area contributed by atoms with Gasteiger partial charge in [0.1, 0.15) is 0 Å². The van der Waals surface area contributed by atoms with Crippen molar-refractivity contribution in [1.29, 1.82) is 0 Å². The minimum Gasteiger partial charge on any atom is -0.478 e. The van der Waals surface area contributed by atoms with Gasteiger partial charge in [0, 0.05) is 16.5 Å². The van der Waals surface area contributed by atoms with Gasteiger partial charge in [-0.25, -0.2) is 13.2 Å². The monoisotopic (exact) mass is 260 g/mol. The first-order valence-corrected chi connectivity index (χ1v) is 6.37. The van der Waals surface area contributed by atoms with Crippen LogP contribution in [0.1, 0.15) is 5.56 Å². The Morgan fingerprint density at radius 3 is 2.56 bits per heavy atom. The molecular formula is C10H9ClO4S. The molecule has 0 atom stereocenters. The molecule has 0 aliphatic heterocycles. The first kappa shape index (κ1) is 12.7. The second-order valence-electron chi connectivity index (χ2n) is 3.04. The van der Waals surface area contributed by atoms with E-state index in [0.717, 1.165) is 0 Å². The summed E-state index contributed by atoms with van der Waals surface area (Å²) >= 11 is 5.79. The molecule has 0 radical (unpaired) electrons. The summed E-state index contributed by atoms with van der Waals surface area (Å²) in [7, 11) is -3.60. The van der Waals surface area contributed by atoms with Crippen LogP contribution in [0.5, 0.6) is 0 Å². The molecule has 1 rings (SSSR count). The lowest BCUT2D eigenvalue weighted by Gasteiger charge is -2.01. The lowest BCUT2D eigenvalue weighted by molar-refractivity contribution is -0.131. The standard InChI is InChI=1S/C10H9ClO4S/c11-9-4-2-1-3-8(9)7-16(14,15)6-5-10(12)13/h1-6H,7H2,(H,12,13)/b6-5+. The van der Waals surface area contributed by atoms with Gasteiger partial charge in [0.15, 0.2) is 9.84 Å². The number of carboxylic acid groups (broad SMARTS) is 1. The maximum Gasteiger partial charge on any atom is 0.329 e. The average molecular weight is 261 g/mol. The molecule has 0 heterocycles. The first-order chi connectivity index (χ1) is 7.41. The van der Waals surface area contributed by atoms with E-state index in [0.29, 0.717) is 22.1 Å². The molecular weight excluding hydrogens is 252 g/mol. The predicted octanol–water partition coefficient (Wildman–Crippen LogP) is 1.85. The number of aliphatic carboxylic acids is 1. The van der Waals surface area contributed by atoms with Crippen LogP contribution < -0.4 is 0 Å². The van der Waals surface area contributed by atoms with Gasteiger partial charge in [-0.15, -0.1) is 0 Å². The molecule has 1 aromatic carbocycles. The van der Waals surface area contributed by atoms with Gasteiger partial charge in [0.05, 0.1) is 5.75 Å². The fourth-order valence-electron chi connectivity index (χ4n) is 1.04. The Bertz CT molecular complexity index is 519. The van der Waals surface area contributed by atoms with Crippen molar-refractivity contribution < 1.29 is 18.3 Å². The molecule has 0 saturated heterocycles. The Balaban J connectivity index is 2.90. The lowest BCUT2D eigenvalue weighted by Crippen LogP contribution is -2.02. The summed E-state index contributed by atoms with van der Waals surface area (Å²) in [5.41, 5.74) is 0.444. The maximum absolute atomic E-state index is 11.4. The quantitative estimate of drug-likeness (QED) is 0.839. The molecule has 0 aromatic heterocycles. The Morgan fingerprint density at radius 2 is 2.00 bits per heavy atom. The van der Waals surface area contributed by atoms with Crippen molar-refractivity contribution in [2.75, 3.05) is 0 Å². The van der Waals surface area contributed by atoms with Crippen molar-refractivity contribution in [2.24, 2.45) is 0 Å². The zero-order valence-electron chi connectivity index (χ0n) is 8.13. The molecule has 1 aromatic rings. The zero-order chi connectivity index (χ0) is 12.2. The molecule has 6 heteroatoms. The van der Waals surface area contributed by atoms with E-state index >= 15 is 0 Å². The van der Waals surface area contributed by atoms with Crippen molar-refractivity contribution >= 4 is 27.4 Å². The number of hydrogen-bond donors (Lipinski definition) is 1. The fourth-order valence-corrected chi connectivity index (χ4v) is 2.43. The van der Waals surface area contributed by atoms with Crippen LogP contribution in [-0.2, 0) is 20.4 Å². The van der Waals surface area contributed by atoms with E-state index in [1.54, 1.807) is 24.3 Å². The number of sulfone groups is 1. The summed E-state index contributed by atoms with van der Waals surface area (Å²) in [6.45, 7) is 0. The minimum absolute atomic E-state index is 0.309. The number of carbonyl (C=O) groups is 1. The van der Waals surface area contributed by atoms with Crippen molar-refractivity contribution in [3.8, 4) is 0 Å². The third kappa shape index (κ3) is 4.04. The van der Waals surface area contributed by atoms with E-state index in [1.807, 2.05) is 0 Å². The third-order valence-electron chi connectivity index (χ3n) is 1.73. The summed E-state index contributed by atoms with van der Waals surface area (Å²) in [5.74, 6) is -1.61. The molecule has 0 aliphatic carbocycles. The van der Waals surface area contributed by atoms with Gasteiger partial charge in [-0.2, -0.15) is 0 Å².